The first-order valence-corrected chi connectivity index (χ1v) is 4.56. The molecule has 1 heterocycles. The van der Waals surface area contributed by atoms with Gasteiger partial charge in [-0.3, -0.25) is 0 Å². The van der Waals surface area contributed by atoms with Gasteiger partial charge < -0.3 is 5.73 Å². The molecule has 0 aliphatic heterocycles. The number of rotatable bonds is 0. The Labute approximate surface area is 93.1 Å². The van der Waals surface area contributed by atoms with Gasteiger partial charge in [0.2, 0.25) is 5.28 Å². The van der Waals surface area contributed by atoms with Crippen molar-refractivity contribution >= 4 is 28.3 Å². The monoisotopic (exact) mass is 247 g/mol. The third kappa shape index (κ3) is 1.76. The Morgan fingerprint density at radius 1 is 1.19 bits per heavy atom. The fourth-order valence-corrected chi connectivity index (χ4v) is 1.60. The van der Waals surface area contributed by atoms with Crippen LogP contribution in [0.25, 0.3) is 10.9 Å². The molecule has 0 atom stereocenters. The second-order valence-electron chi connectivity index (χ2n) is 3.08. The van der Waals surface area contributed by atoms with Crippen LogP contribution in [0.3, 0.4) is 0 Å². The lowest BCUT2D eigenvalue weighted by atomic mass is 10.1. The van der Waals surface area contributed by atoms with E-state index in [4.69, 9.17) is 17.3 Å². The Balaban J connectivity index is 2.87. The summed E-state index contributed by atoms with van der Waals surface area (Å²) in [5, 5.41) is -0.399. The van der Waals surface area contributed by atoms with Gasteiger partial charge in [-0.2, -0.15) is 13.2 Å². The number of hydrogen-bond acceptors (Lipinski definition) is 3. The van der Waals surface area contributed by atoms with Gasteiger partial charge in [-0.25, -0.2) is 9.97 Å². The minimum atomic E-state index is -4.50. The van der Waals surface area contributed by atoms with Crippen LogP contribution in [0.15, 0.2) is 18.2 Å². The van der Waals surface area contributed by atoms with Gasteiger partial charge in [-0.05, 0) is 23.7 Å². The molecule has 0 fully saturated rings. The van der Waals surface area contributed by atoms with Crippen LogP contribution in [0.5, 0.6) is 0 Å². The van der Waals surface area contributed by atoms with E-state index < -0.39 is 11.7 Å². The van der Waals surface area contributed by atoms with Gasteiger partial charge in [0.05, 0.1) is 16.5 Å². The fourth-order valence-electron chi connectivity index (χ4n) is 1.42. The maximum Gasteiger partial charge on any atom is 0.417 e. The Bertz CT molecular complexity index is 553. The number of fused-ring (bicyclic) bond motifs is 1. The first-order chi connectivity index (χ1) is 7.39. The van der Waals surface area contributed by atoms with E-state index in [1.54, 1.807) is 0 Å². The minimum absolute atomic E-state index is 0.0762. The molecule has 0 spiro atoms. The van der Waals surface area contributed by atoms with Gasteiger partial charge in [0.1, 0.15) is 5.82 Å². The fraction of sp³-hybridized carbons (Fsp3) is 0.111. The Morgan fingerprint density at radius 2 is 1.88 bits per heavy atom. The van der Waals surface area contributed by atoms with Crippen LogP contribution in [0, 0.1) is 0 Å². The Morgan fingerprint density at radius 3 is 2.50 bits per heavy atom. The van der Waals surface area contributed by atoms with Gasteiger partial charge in [0.15, 0.2) is 0 Å². The lowest BCUT2D eigenvalue weighted by Gasteiger charge is -2.10. The molecule has 16 heavy (non-hydrogen) atoms. The van der Waals surface area contributed by atoms with E-state index in [1.165, 1.54) is 12.1 Å². The quantitative estimate of drug-likeness (QED) is 0.728. The van der Waals surface area contributed by atoms with Crippen molar-refractivity contribution in [2.75, 3.05) is 5.73 Å². The summed E-state index contributed by atoms with van der Waals surface area (Å²) in [7, 11) is 0. The third-order valence-electron chi connectivity index (χ3n) is 2.03. The lowest BCUT2D eigenvalue weighted by Crippen LogP contribution is -2.08. The third-order valence-corrected chi connectivity index (χ3v) is 2.20. The predicted molar refractivity (Wildman–Crippen MR) is 54.0 cm³/mol. The van der Waals surface area contributed by atoms with Crippen LogP contribution >= 0.6 is 11.6 Å². The number of halogens is 4. The summed E-state index contributed by atoms with van der Waals surface area (Å²) in [6.07, 6.45) is -4.50. The van der Waals surface area contributed by atoms with E-state index in [1.807, 2.05) is 0 Å². The topological polar surface area (TPSA) is 51.8 Å². The summed E-state index contributed by atoms with van der Waals surface area (Å²) in [6.45, 7) is 0. The molecule has 1 aromatic heterocycles. The number of hydrogen-bond donors (Lipinski definition) is 1. The molecule has 0 aliphatic rings. The molecule has 3 nitrogen and oxygen atoms in total. The largest absolute Gasteiger partial charge is 0.417 e. The molecule has 7 heteroatoms. The molecule has 0 saturated carbocycles. The zero-order valence-electron chi connectivity index (χ0n) is 7.72. The van der Waals surface area contributed by atoms with Gasteiger partial charge in [0, 0.05) is 0 Å². The smallest absolute Gasteiger partial charge is 0.383 e. The Kier molecular flexibility index (Phi) is 2.38. The number of aromatic nitrogens is 2. The highest BCUT2D eigenvalue weighted by Gasteiger charge is 2.33. The van der Waals surface area contributed by atoms with Gasteiger partial charge in [-0.1, -0.05) is 6.07 Å². The van der Waals surface area contributed by atoms with Gasteiger partial charge in [0.25, 0.3) is 0 Å². The zero-order chi connectivity index (χ0) is 11.9. The first-order valence-electron chi connectivity index (χ1n) is 4.18. The van der Waals surface area contributed by atoms with Crippen LogP contribution in [0.2, 0.25) is 5.28 Å². The van der Waals surface area contributed by atoms with E-state index >= 15 is 0 Å². The predicted octanol–water partition coefficient (Wildman–Crippen LogP) is 2.88. The van der Waals surface area contributed by atoms with Crippen LogP contribution in [-0.4, -0.2) is 9.97 Å². The summed E-state index contributed by atoms with van der Waals surface area (Å²) in [5.41, 5.74) is 4.63. The van der Waals surface area contributed by atoms with Crippen molar-refractivity contribution in [3.05, 3.63) is 29.0 Å². The molecule has 0 aliphatic carbocycles. The van der Waals surface area contributed by atoms with Crippen LogP contribution < -0.4 is 5.73 Å². The van der Waals surface area contributed by atoms with Crippen molar-refractivity contribution in [2.24, 2.45) is 0 Å². The van der Waals surface area contributed by atoms with E-state index in [2.05, 4.69) is 9.97 Å². The molecule has 2 aromatic rings. The van der Waals surface area contributed by atoms with E-state index in [0.717, 1.165) is 6.07 Å². The SMILES string of the molecule is Nc1nc(Cl)nc2cccc(C(F)(F)F)c12. The number of nitrogens with zero attached hydrogens (tertiary/aromatic N) is 2. The molecular weight excluding hydrogens is 243 g/mol. The second-order valence-corrected chi connectivity index (χ2v) is 3.41. The maximum atomic E-state index is 12.7. The number of nitrogen functional groups attached to an aromatic ring is 1. The zero-order valence-corrected chi connectivity index (χ0v) is 8.47. The average molecular weight is 248 g/mol. The maximum absolute atomic E-state index is 12.7. The van der Waals surface area contributed by atoms with Crippen molar-refractivity contribution in [3.8, 4) is 0 Å². The van der Waals surface area contributed by atoms with E-state index in [0.29, 0.717) is 0 Å². The summed E-state index contributed by atoms with van der Waals surface area (Å²) in [6, 6.07) is 3.57. The summed E-state index contributed by atoms with van der Waals surface area (Å²) >= 11 is 5.51. The highest BCUT2D eigenvalue weighted by Crippen LogP contribution is 2.36. The molecule has 0 unspecified atom stereocenters. The molecule has 1 aromatic carbocycles. The number of anilines is 1. The number of alkyl halides is 3. The first kappa shape index (κ1) is 10.9. The summed E-state index contributed by atoms with van der Waals surface area (Å²) < 4.78 is 38.0. The normalized spacial score (nSPS) is 12.0. The van der Waals surface area contributed by atoms with Crippen molar-refractivity contribution in [2.45, 2.75) is 6.18 Å². The molecule has 84 valence electrons. The highest BCUT2D eigenvalue weighted by atomic mass is 35.5. The van der Waals surface area contributed by atoms with Crippen LogP contribution in [0.4, 0.5) is 19.0 Å². The molecule has 2 rings (SSSR count). The molecule has 0 amide bonds. The molecule has 2 N–H and O–H groups in total. The van der Waals surface area contributed by atoms with Gasteiger partial charge >= 0.3 is 6.18 Å². The molecule has 0 bridgehead atoms. The summed E-state index contributed by atoms with van der Waals surface area (Å²) in [4.78, 5) is 7.19. The molecular formula is C9H5ClF3N3. The highest BCUT2D eigenvalue weighted by molar-refractivity contribution is 6.28. The summed E-state index contributed by atoms with van der Waals surface area (Å²) in [5.74, 6) is -0.275. The van der Waals surface area contributed by atoms with Crippen molar-refractivity contribution in [3.63, 3.8) is 0 Å². The average Bonchev–Trinajstić information content (AvgIpc) is 2.14. The lowest BCUT2D eigenvalue weighted by molar-refractivity contribution is -0.136. The van der Waals surface area contributed by atoms with E-state index in [9.17, 15) is 13.2 Å². The standard InChI is InChI=1S/C9H5ClF3N3/c10-8-15-5-3-1-2-4(9(11,12)13)6(5)7(14)16-8/h1-3H,(H2,14,15,16). The number of nitrogens with two attached hydrogens (primary N) is 1. The molecule has 0 saturated heterocycles. The van der Waals surface area contributed by atoms with Crippen molar-refractivity contribution < 1.29 is 13.2 Å². The van der Waals surface area contributed by atoms with E-state index in [-0.39, 0.29) is 22.0 Å². The van der Waals surface area contributed by atoms with Crippen molar-refractivity contribution in [1.82, 2.24) is 9.97 Å². The Hall–Kier alpha value is -1.56. The minimum Gasteiger partial charge on any atom is -0.383 e. The van der Waals surface area contributed by atoms with Crippen LogP contribution in [-0.2, 0) is 6.18 Å². The molecule has 0 radical (unpaired) electrons. The van der Waals surface area contributed by atoms with Gasteiger partial charge in [-0.15, -0.1) is 0 Å². The van der Waals surface area contributed by atoms with Crippen molar-refractivity contribution in [1.29, 1.82) is 0 Å². The number of benzene rings is 1. The van der Waals surface area contributed by atoms with Crippen LogP contribution in [0.1, 0.15) is 5.56 Å². The second kappa shape index (κ2) is 3.48.